The van der Waals surface area contributed by atoms with Crippen molar-refractivity contribution < 1.29 is 4.84 Å². The number of hydrogen-bond donors (Lipinski definition) is 1. The molecule has 0 saturated heterocycles. The third kappa shape index (κ3) is 3.63. The topological polar surface area (TPSA) is 60.5 Å². The van der Waals surface area contributed by atoms with Crippen molar-refractivity contribution in [3.05, 3.63) is 28.0 Å². The fourth-order valence-electron chi connectivity index (χ4n) is 0.973. The number of rotatable bonds is 4. The average molecular weight is 262 g/mol. The second-order valence-corrected chi connectivity index (χ2v) is 4.22. The molecule has 6 heteroatoms. The molecule has 16 heavy (non-hydrogen) atoms. The average Bonchev–Trinajstić information content (AvgIpc) is 2.21. The van der Waals surface area contributed by atoms with Crippen molar-refractivity contribution in [3.63, 3.8) is 0 Å². The quantitative estimate of drug-likeness (QED) is 0.669. The van der Waals surface area contributed by atoms with E-state index in [4.69, 9.17) is 33.8 Å². The molecule has 0 atom stereocenters. The zero-order chi connectivity index (χ0) is 12.1. The molecule has 1 rings (SSSR count). The minimum atomic E-state index is -0.0207. The van der Waals surface area contributed by atoms with Gasteiger partial charge in [-0.2, -0.15) is 0 Å². The maximum absolute atomic E-state index is 5.98. The van der Waals surface area contributed by atoms with Crippen LogP contribution >= 0.6 is 23.2 Å². The van der Waals surface area contributed by atoms with E-state index in [1.54, 1.807) is 6.07 Å². The highest BCUT2D eigenvalue weighted by molar-refractivity contribution is 6.36. The van der Waals surface area contributed by atoms with E-state index in [0.717, 1.165) is 0 Å². The molecular weight excluding hydrogens is 249 g/mol. The number of hydrogen-bond acceptors (Lipinski definition) is 4. The summed E-state index contributed by atoms with van der Waals surface area (Å²) in [5.74, 6) is 0. The van der Waals surface area contributed by atoms with Crippen LogP contribution < -0.4 is 5.73 Å². The highest BCUT2D eigenvalue weighted by Gasteiger charge is 2.10. The van der Waals surface area contributed by atoms with Gasteiger partial charge in [0.15, 0.2) is 0 Å². The lowest BCUT2D eigenvalue weighted by Crippen LogP contribution is -2.18. The first kappa shape index (κ1) is 13.2. The molecule has 4 nitrogen and oxygen atoms in total. The van der Waals surface area contributed by atoms with Crippen molar-refractivity contribution >= 4 is 28.9 Å². The maximum atomic E-state index is 5.98. The number of nitrogens with zero attached hydrogens (tertiary/aromatic N) is 2. The number of nitrogens with two attached hydrogens (primary N) is 1. The second-order valence-electron chi connectivity index (χ2n) is 3.38. The molecule has 0 aliphatic rings. The van der Waals surface area contributed by atoms with Crippen molar-refractivity contribution in [2.24, 2.45) is 10.9 Å². The Hall–Kier alpha value is -0.840. The van der Waals surface area contributed by atoms with Gasteiger partial charge in [0.2, 0.25) is 0 Å². The van der Waals surface area contributed by atoms with Crippen LogP contribution in [0.5, 0.6) is 0 Å². The van der Waals surface area contributed by atoms with Crippen LogP contribution in [0.1, 0.15) is 19.5 Å². The van der Waals surface area contributed by atoms with Crippen LogP contribution in [0.4, 0.5) is 0 Å². The number of pyridine rings is 1. The zero-order valence-electron chi connectivity index (χ0n) is 9.08. The number of aromatic nitrogens is 1. The minimum absolute atomic E-state index is 0.0207. The lowest BCUT2D eigenvalue weighted by atomic mass is 10.2. The minimum Gasteiger partial charge on any atom is -0.393 e. The first-order chi connectivity index (χ1) is 7.54. The summed E-state index contributed by atoms with van der Waals surface area (Å²) in [6.07, 6.45) is 1.47. The van der Waals surface area contributed by atoms with Crippen LogP contribution in [0.15, 0.2) is 17.4 Å². The van der Waals surface area contributed by atoms with Gasteiger partial charge in [-0.1, -0.05) is 28.4 Å². The molecule has 1 aromatic heterocycles. The van der Waals surface area contributed by atoms with E-state index in [1.807, 2.05) is 13.8 Å². The summed E-state index contributed by atoms with van der Waals surface area (Å²) in [7, 11) is 0. The Balaban J connectivity index is 2.99. The Bertz CT molecular complexity index is 394. The molecule has 0 saturated carbocycles. The van der Waals surface area contributed by atoms with Gasteiger partial charge in [0.1, 0.15) is 17.5 Å². The summed E-state index contributed by atoms with van der Waals surface area (Å²) in [6.45, 7) is 3.93. The molecule has 0 aliphatic carbocycles. The molecule has 0 amide bonds. The smallest absolute Gasteiger partial charge is 0.122 e. The van der Waals surface area contributed by atoms with Crippen LogP contribution in [0, 0.1) is 0 Å². The standard InChI is InChI=1S/C10H13Cl2N3O/c1-6(2)16-15-9(4-13)10-8(12)3-7(11)5-14-10/h3,5-6H,4,13H2,1-2H3. The van der Waals surface area contributed by atoms with Gasteiger partial charge in [-0.05, 0) is 19.9 Å². The largest absolute Gasteiger partial charge is 0.393 e. The summed E-state index contributed by atoms with van der Waals surface area (Å²) < 4.78 is 0. The van der Waals surface area contributed by atoms with Crippen LogP contribution in [0.2, 0.25) is 10.0 Å². The first-order valence-electron chi connectivity index (χ1n) is 4.78. The Morgan fingerprint density at radius 2 is 2.25 bits per heavy atom. The highest BCUT2D eigenvalue weighted by atomic mass is 35.5. The predicted octanol–water partition coefficient (Wildman–Crippen LogP) is 2.48. The molecule has 0 aliphatic heterocycles. The lowest BCUT2D eigenvalue weighted by molar-refractivity contribution is 0.0858. The monoisotopic (exact) mass is 261 g/mol. The molecule has 0 bridgehead atoms. The van der Waals surface area contributed by atoms with Gasteiger partial charge in [-0.15, -0.1) is 0 Å². The van der Waals surface area contributed by atoms with Crippen molar-refractivity contribution in [3.8, 4) is 0 Å². The number of oxime groups is 1. The van der Waals surface area contributed by atoms with Gasteiger partial charge in [0.25, 0.3) is 0 Å². The molecule has 1 aromatic rings. The fourth-order valence-corrected chi connectivity index (χ4v) is 1.46. The summed E-state index contributed by atoms with van der Waals surface area (Å²) in [6, 6.07) is 1.59. The molecular formula is C10H13Cl2N3O. The maximum Gasteiger partial charge on any atom is 0.122 e. The SMILES string of the molecule is CC(C)ON=C(CN)c1ncc(Cl)cc1Cl. The van der Waals surface area contributed by atoms with E-state index in [-0.39, 0.29) is 12.6 Å². The molecule has 0 radical (unpaired) electrons. The van der Waals surface area contributed by atoms with Crippen LogP contribution in [-0.2, 0) is 4.84 Å². The molecule has 2 N–H and O–H groups in total. The van der Waals surface area contributed by atoms with Gasteiger partial charge in [0.05, 0.1) is 10.0 Å². The summed E-state index contributed by atoms with van der Waals surface area (Å²) >= 11 is 11.7. The van der Waals surface area contributed by atoms with Crippen molar-refractivity contribution in [1.29, 1.82) is 0 Å². The van der Waals surface area contributed by atoms with E-state index >= 15 is 0 Å². The van der Waals surface area contributed by atoms with Crippen LogP contribution in [0.25, 0.3) is 0 Å². The van der Waals surface area contributed by atoms with Crippen LogP contribution in [0.3, 0.4) is 0 Å². The molecule has 0 unspecified atom stereocenters. The Labute approximate surface area is 104 Å². The summed E-state index contributed by atoms with van der Waals surface area (Å²) in [4.78, 5) is 9.18. The normalized spacial score (nSPS) is 12.0. The highest BCUT2D eigenvalue weighted by Crippen LogP contribution is 2.19. The van der Waals surface area contributed by atoms with E-state index in [1.165, 1.54) is 6.20 Å². The summed E-state index contributed by atoms with van der Waals surface area (Å²) in [5, 5.41) is 4.78. The van der Waals surface area contributed by atoms with Gasteiger partial charge in [-0.3, -0.25) is 4.98 Å². The molecule has 1 heterocycles. The second kappa shape index (κ2) is 6.03. The van der Waals surface area contributed by atoms with Gasteiger partial charge >= 0.3 is 0 Å². The Morgan fingerprint density at radius 1 is 1.56 bits per heavy atom. The predicted molar refractivity (Wildman–Crippen MR) is 66.1 cm³/mol. The van der Waals surface area contributed by atoms with Gasteiger partial charge < -0.3 is 10.6 Å². The van der Waals surface area contributed by atoms with E-state index in [0.29, 0.717) is 21.5 Å². The van der Waals surface area contributed by atoms with Crippen molar-refractivity contribution in [1.82, 2.24) is 4.98 Å². The fraction of sp³-hybridized carbons (Fsp3) is 0.400. The molecule has 0 spiro atoms. The zero-order valence-corrected chi connectivity index (χ0v) is 10.6. The number of halogens is 2. The lowest BCUT2D eigenvalue weighted by Gasteiger charge is -2.07. The van der Waals surface area contributed by atoms with E-state index in [2.05, 4.69) is 10.1 Å². The van der Waals surface area contributed by atoms with Gasteiger partial charge in [0, 0.05) is 12.7 Å². The third-order valence-corrected chi connectivity index (χ3v) is 2.14. The van der Waals surface area contributed by atoms with E-state index < -0.39 is 0 Å². The Kier molecular flexibility index (Phi) is 4.99. The molecule has 0 aromatic carbocycles. The summed E-state index contributed by atoms with van der Waals surface area (Å²) in [5.41, 5.74) is 6.55. The van der Waals surface area contributed by atoms with Crippen molar-refractivity contribution in [2.45, 2.75) is 20.0 Å². The Morgan fingerprint density at radius 3 is 2.75 bits per heavy atom. The molecule has 88 valence electrons. The van der Waals surface area contributed by atoms with E-state index in [9.17, 15) is 0 Å². The van der Waals surface area contributed by atoms with Crippen molar-refractivity contribution in [2.75, 3.05) is 6.54 Å². The molecule has 0 fully saturated rings. The first-order valence-corrected chi connectivity index (χ1v) is 5.54. The van der Waals surface area contributed by atoms with Crippen LogP contribution in [-0.4, -0.2) is 23.3 Å². The van der Waals surface area contributed by atoms with Gasteiger partial charge in [-0.25, -0.2) is 0 Å². The third-order valence-electron chi connectivity index (χ3n) is 1.65.